The van der Waals surface area contributed by atoms with Crippen LogP contribution in [0.1, 0.15) is 19.8 Å². The predicted octanol–water partition coefficient (Wildman–Crippen LogP) is 1.84. The van der Waals surface area contributed by atoms with E-state index in [4.69, 9.17) is 27.0 Å². The molecule has 2 saturated heterocycles. The number of ketones is 1. The number of hydrogen-bond acceptors (Lipinski definition) is 7. The number of hydroxylamine groups is 3. The van der Waals surface area contributed by atoms with Gasteiger partial charge in [-0.3, -0.25) is 14.9 Å². The lowest BCUT2D eigenvalue weighted by Gasteiger charge is -2.24. The molecule has 0 unspecified atom stereocenters. The van der Waals surface area contributed by atoms with E-state index in [-0.39, 0.29) is 30.2 Å². The van der Waals surface area contributed by atoms with Crippen molar-refractivity contribution in [1.82, 2.24) is 10.5 Å². The van der Waals surface area contributed by atoms with Crippen LogP contribution in [0.3, 0.4) is 0 Å². The monoisotopic (exact) mass is 426 g/mol. The van der Waals surface area contributed by atoms with Gasteiger partial charge in [0.1, 0.15) is 17.7 Å². The summed E-state index contributed by atoms with van der Waals surface area (Å²) in [4.78, 5) is 31.9. The zero-order valence-electron chi connectivity index (χ0n) is 16.0. The number of carbonyl (C=O) groups is 2. The SMILES string of the molecule is CC(=O)CC[C@H]1CN(c2ccc(N3CCON(C(=S)NO)CC3)c(F)c2)C(=O)O1. The average Bonchev–Trinajstić information content (AvgIpc) is 2.90. The summed E-state index contributed by atoms with van der Waals surface area (Å²) in [7, 11) is 0. The number of nitrogens with zero attached hydrogens (tertiary/aromatic N) is 3. The fraction of sp³-hybridized carbons (Fsp3) is 0.500. The maximum Gasteiger partial charge on any atom is 0.414 e. The summed E-state index contributed by atoms with van der Waals surface area (Å²) in [6, 6.07) is 4.57. The lowest BCUT2D eigenvalue weighted by atomic mass is 10.1. The number of halogens is 1. The predicted molar refractivity (Wildman–Crippen MR) is 106 cm³/mol. The maximum atomic E-state index is 14.8. The van der Waals surface area contributed by atoms with Crippen LogP contribution in [0, 0.1) is 5.82 Å². The van der Waals surface area contributed by atoms with Gasteiger partial charge in [-0.05, 0) is 43.8 Å². The summed E-state index contributed by atoms with van der Waals surface area (Å²) in [5, 5.41) is 10.3. The fourth-order valence-electron chi connectivity index (χ4n) is 3.27. The minimum atomic E-state index is -0.547. The van der Waals surface area contributed by atoms with Gasteiger partial charge in [-0.15, -0.1) is 0 Å². The molecule has 0 bridgehead atoms. The first kappa shape index (κ1) is 21.2. The molecule has 0 radical (unpaired) electrons. The van der Waals surface area contributed by atoms with E-state index in [9.17, 15) is 14.0 Å². The number of amides is 1. The molecule has 0 aliphatic carbocycles. The highest BCUT2D eigenvalue weighted by molar-refractivity contribution is 7.80. The Bertz CT molecular complexity index is 796. The van der Waals surface area contributed by atoms with Crippen LogP contribution in [0.2, 0.25) is 0 Å². The van der Waals surface area contributed by atoms with Crippen molar-refractivity contribution in [2.24, 2.45) is 0 Å². The zero-order chi connectivity index (χ0) is 21.0. The third-order valence-corrected chi connectivity index (χ3v) is 5.07. The van der Waals surface area contributed by atoms with Gasteiger partial charge in [0.2, 0.25) is 5.11 Å². The topological polar surface area (TPSA) is 94.6 Å². The van der Waals surface area contributed by atoms with Crippen molar-refractivity contribution in [3.05, 3.63) is 24.0 Å². The Morgan fingerprint density at radius 1 is 1.38 bits per heavy atom. The second kappa shape index (κ2) is 9.33. The first-order valence-electron chi connectivity index (χ1n) is 9.25. The van der Waals surface area contributed by atoms with Gasteiger partial charge in [-0.2, -0.15) is 0 Å². The minimum Gasteiger partial charge on any atom is -0.444 e. The number of nitrogens with one attached hydrogen (secondary N) is 1. The molecule has 3 rings (SSSR count). The molecule has 2 aliphatic heterocycles. The van der Waals surface area contributed by atoms with Gasteiger partial charge in [0.05, 0.1) is 31.1 Å². The molecular formula is C18H23FN4O5S. The number of carbonyl (C=O) groups excluding carboxylic acids is 2. The van der Waals surface area contributed by atoms with E-state index in [0.29, 0.717) is 43.9 Å². The van der Waals surface area contributed by atoms with Crippen molar-refractivity contribution in [3.8, 4) is 0 Å². The fourth-order valence-corrected chi connectivity index (χ4v) is 3.42. The summed E-state index contributed by atoms with van der Waals surface area (Å²) in [6.45, 7) is 3.23. The highest BCUT2D eigenvalue weighted by Crippen LogP contribution is 2.29. The molecule has 0 saturated carbocycles. The molecule has 1 aromatic carbocycles. The van der Waals surface area contributed by atoms with E-state index in [1.54, 1.807) is 17.0 Å². The molecule has 29 heavy (non-hydrogen) atoms. The number of cyclic esters (lactones) is 1. The van der Waals surface area contributed by atoms with Gasteiger partial charge < -0.3 is 14.4 Å². The number of benzene rings is 1. The average molecular weight is 426 g/mol. The van der Waals surface area contributed by atoms with E-state index in [1.807, 2.05) is 5.48 Å². The maximum absolute atomic E-state index is 14.8. The lowest BCUT2D eigenvalue weighted by molar-refractivity contribution is -0.117. The van der Waals surface area contributed by atoms with Crippen LogP contribution in [0.15, 0.2) is 18.2 Å². The van der Waals surface area contributed by atoms with Crippen LogP contribution in [-0.4, -0.2) is 66.1 Å². The Balaban J connectivity index is 1.66. The van der Waals surface area contributed by atoms with Gasteiger partial charge in [0, 0.05) is 19.5 Å². The second-order valence-electron chi connectivity index (χ2n) is 6.83. The summed E-state index contributed by atoms with van der Waals surface area (Å²) in [5.74, 6) is -0.441. The normalized spacial score (nSPS) is 19.8. The van der Waals surface area contributed by atoms with Crippen molar-refractivity contribution in [3.63, 3.8) is 0 Å². The molecule has 2 aliphatic rings. The van der Waals surface area contributed by atoms with E-state index in [2.05, 4.69) is 0 Å². The Hall–Kier alpha value is -2.50. The molecular weight excluding hydrogens is 403 g/mol. The van der Waals surface area contributed by atoms with Gasteiger partial charge >= 0.3 is 6.09 Å². The molecule has 2 fully saturated rings. The van der Waals surface area contributed by atoms with Crippen LogP contribution in [-0.2, 0) is 14.4 Å². The molecule has 0 spiro atoms. The molecule has 158 valence electrons. The van der Waals surface area contributed by atoms with Crippen LogP contribution >= 0.6 is 12.2 Å². The smallest absolute Gasteiger partial charge is 0.414 e. The minimum absolute atomic E-state index is 0.0328. The van der Waals surface area contributed by atoms with Gasteiger partial charge in [-0.25, -0.2) is 19.7 Å². The number of thiocarbonyl (C=S) groups is 1. The highest BCUT2D eigenvalue weighted by atomic mass is 32.1. The summed E-state index contributed by atoms with van der Waals surface area (Å²) in [5.41, 5.74) is 2.64. The number of Topliss-reactive ketones (excluding diaryl/α,β-unsaturated/α-hetero) is 1. The van der Waals surface area contributed by atoms with Crippen molar-refractivity contribution in [1.29, 1.82) is 0 Å². The first-order chi connectivity index (χ1) is 13.9. The van der Waals surface area contributed by atoms with E-state index in [1.165, 1.54) is 23.0 Å². The van der Waals surface area contributed by atoms with E-state index >= 15 is 0 Å². The Kier molecular flexibility index (Phi) is 6.83. The molecule has 11 heteroatoms. The van der Waals surface area contributed by atoms with Crippen LogP contribution in [0.4, 0.5) is 20.6 Å². The second-order valence-corrected chi connectivity index (χ2v) is 7.22. The molecule has 1 atom stereocenters. The van der Waals surface area contributed by atoms with Crippen LogP contribution < -0.4 is 15.3 Å². The Morgan fingerprint density at radius 2 is 2.17 bits per heavy atom. The van der Waals surface area contributed by atoms with Gasteiger partial charge in [0.15, 0.2) is 0 Å². The summed E-state index contributed by atoms with van der Waals surface area (Å²) < 4.78 is 20.1. The standard InChI is InChI=1S/C18H23FN4O5S/c1-12(24)2-4-14-11-22(18(25)28-14)13-3-5-16(15(19)10-13)21-6-7-23(17(29)20-26)27-9-8-21/h3,5,10,14,26H,2,4,6-9,11H2,1H3,(H,20,29)/t14-/m0/s1. The van der Waals surface area contributed by atoms with Crippen LogP contribution in [0.5, 0.6) is 0 Å². The number of rotatable bonds is 5. The molecule has 2 heterocycles. The quantitative estimate of drug-likeness (QED) is 0.540. The van der Waals surface area contributed by atoms with E-state index < -0.39 is 11.9 Å². The number of hydrogen-bond donors (Lipinski definition) is 2. The van der Waals surface area contributed by atoms with Crippen molar-refractivity contribution in [2.45, 2.75) is 25.9 Å². The molecule has 1 amide bonds. The number of ether oxygens (including phenoxy) is 1. The Labute approximate surface area is 172 Å². The van der Waals surface area contributed by atoms with E-state index in [0.717, 1.165) is 0 Å². The Morgan fingerprint density at radius 3 is 2.86 bits per heavy atom. The molecule has 0 aromatic heterocycles. The van der Waals surface area contributed by atoms with Crippen molar-refractivity contribution < 1.29 is 28.8 Å². The third kappa shape index (κ3) is 5.11. The lowest BCUT2D eigenvalue weighted by Crippen LogP contribution is -2.39. The highest BCUT2D eigenvalue weighted by Gasteiger charge is 2.33. The van der Waals surface area contributed by atoms with Crippen molar-refractivity contribution in [2.75, 3.05) is 42.6 Å². The van der Waals surface area contributed by atoms with Crippen molar-refractivity contribution >= 4 is 40.6 Å². The molecule has 9 nitrogen and oxygen atoms in total. The molecule has 1 aromatic rings. The van der Waals surface area contributed by atoms with Gasteiger partial charge in [-0.1, -0.05) is 0 Å². The van der Waals surface area contributed by atoms with Gasteiger partial charge in [0.25, 0.3) is 0 Å². The zero-order valence-corrected chi connectivity index (χ0v) is 16.8. The van der Waals surface area contributed by atoms with Crippen LogP contribution in [0.25, 0.3) is 0 Å². The third-order valence-electron chi connectivity index (χ3n) is 4.78. The largest absolute Gasteiger partial charge is 0.444 e. The summed E-state index contributed by atoms with van der Waals surface area (Å²) in [6.07, 6.45) is -0.142. The molecule has 2 N–H and O–H groups in total. The first-order valence-corrected chi connectivity index (χ1v) is 9.66. The summed E-state index contributed by atoms with van der Waals surface area (Å²) >= 11 is 4.93. The number of anilines is 2.